The van der Waals surface area contributed by atoms with Crippen molar-refractivity contribution in [2.75, 3.05) is 6.26 Å². The standard InChI is InChI=1S/C11H15OS.Y/c1-9(2)11-6-4-10(5-7-11)8-13(3)12;/h4-6,9H,8H2,1-3H3;/q-1;. The Labute approximate surface area is 114 Å². The van der Waals surface area contributed by atoms with E-state index in [1.54, 1.807) is 6.26 Å². The number of rotatable bonds is 3. The van der Waals surface area contributed by atoms with E-state index in [-0.39, 0.29) is 32.7 Å². The van der Waals surface area contributed by atoms with Crippen LogP contribution in [-0.2, 0) is 49.3 Å². The average Bonchev–Trinajstić information content (AvgIpc) is 2.04. The second kappa shape index (κ2) is 6.87. The summed E-state index contributed by atoms with van der Waals surface area (Å²) in [5.74, 6) is 1.15. The van der Waals surface area contributed by atoms with Crippen LogP contribution in [0, 0.1) is 6.07 Å². The Morgan fingerprint density at radius 2 is 2.07 bits per heavy atom. The van der Waals surface area contributed by atoms with E-state index in [0.29, 0.717) is 11.7 Å². The maximum absolute atomic E-state index is 10.9. The molecule has 1 radical (unpaired) electrons. The summed E-state index contributed by atoms with van der Waals surface area (Å²) in [6.45, 7) is 4.28. The van der Waals surface area contributed by atoms with Crippen molar-refractivity contribution < 1.29 is 36.9 Å². The Balaban J connectivity index is 0.00000169. The molecule has 0 bridgehead atoms. The molecule has 0 aliphatic rings. The van der Waals surface area contributed by atoms with Gasteiger partial charge in [0, 0.05) is 55.5 Å². The summed E-state index contributed by atoms with van der Waals surface area (Å²) < 4.78 is 10.9. The number of hydrogen-bond acceptors (Lipinski definition) is 1. The molecular weight excluding hydrogens is 269 g/mol. The third-order valence-electron chi connectivity index (χ3n) is 1.89. The van der Waals surface area contributed by atoms with Crippen molar-refractivity contribution in [3.63, 3.8) is 0 Å². The van der Waals surface area contributed by atoms with Crippen molar-refractivity contribution in [2.45, 2.75) is 25.5 Å². The second-order valence-electron chi connectivity index (χ2n) is 3.52. The molecule has 0 spiro atoms. The van der Waals surface area contributed by atoms with E-state index in [1.807, 2.05) is 12.1 Å². The minimum absolute atomic E-state index is 0. The first-order chi connectivity index (χ1) is 6.09. The van der Waals surface area contributed by atoms with Crippen molar-refractivity contribution in [3.8, 4) is 0 Å². The van der Waals surface area contributed by atoms with Crippen LogP contribution in [-0.4, -0.2) is 10.5 Å². The van der Waals surface area contributed by atoms with Crippen LogP contribution in [0.15, 0.2) is 18.2 Å². The normalized spacial score (nSPS) is 12.3. The quantitative estimate of drug-likeness (QED) is 0.779. The molecule has 75 valence electrons. The van der Waals surface area contributed by atoms with Gasteiger partial charge in [-0.2, -0.15) is 29.8 Å². The molecule has 1 atom stereocenters. The van der Waals surface area contributed by atoms with Gasteiger partial charge in [0.25, 0.3) is 0 Å². The molecule has 0 N–H and O–H groups in total. The predicted molar refractivity (Wildman–Crippen MR) is 57.1 cm³/mol. The summed E-state index contributed by atoms with van der Waals surface area (Å²) in [6.07, 6.45) is 1.72. The summed E-state index contributed by atoms with van der Waals surface area (Å²) >= 11 is 0. The van der Waals surface area contributed by atoms with Gasteiger partial charge in [-0.05, 0) is 5.92 Å². The van der Waals surface area contributed by atoms with Gasteiger partial charge in [0.1, 0.15) is 0 Å². The van der Waals surface area contributed by atoms with Gasteiger partial charge < -0.3 is 0 Å². The Morgan fingerprint density at radius 1 is 1.43 bits per heavy atom. The molecule has 0 saturated carbocycles. The van der Waals surface area contributed by atoms with Gasteiger partial charge in [-0.3, -0.25) is 4.21 Å². The van der Waals surface area contributed by atoms with Crippen LogP contribution in [0.2, 0.25) is 0 Å². The fraction of sp³-hybridized carbons (Fsp3) is 0.455. The van der Waals surface area contributed by atoms with E-state index < -0.39 is 10.8 Å². The van der Waals surface area contributed by atoms with Crippen LogP contribution >= 0.6 is 0 Å². The molecule has 0 saturated heterocycles. The molecule has 1 aromatic rings. The van der Waals surface area contributed by atoms with E-state index in [0.717, 1.165) is 5.56 Å². The Hall–Kier alpha value is 0.474. The third-order valence-corrected chi connectivity index (χ3v) is 2.63. The van der Waals surface area contributed by atoms with Gasteiger partial charge in [-0.15, -0.1) is 5.56 Å². The summed E-state index contributed by atoms with van der Waals surface area (Å²) in [4.78, 5) is 0. The first-order valence-corrected chi connectivity index (χ1v) is 6.13. The molecule has 1 rings (SSSR count). The molecule has 14 heavy (non-hydrogen) atoms. The molecule has 1 unspecified atom stereocenters. The van der Waals surface area contributed by atoms with E-state index in [9.17, 15) is 4.21 Å². The van der Waals surface area contributed by atoms with Gasteiger partial charge >= 0.3 is 0 Å². The summed E-state index contributed by atoms with van der Waals surface area (Å²) in [7, 11) is -0.754. The molecule has 1 nitrogen and oxygen atoms in total. The first-order valence-electron chi connectivity index (χ1n) is 4.40. The predicted octanol–water partition coefficient (Wildman–Crippen LogP) is 2.49. The third kappa shape index (κ3) is 4.81. The van der Waals surface area contributed by atoms with Gasteiger partial charge in [0.05, 0.1) is 0 Å². The zero-order valence-corrected chi connectivity index (χ0v) is 12.6. The molecule has 3 heteroatoms. The molecule has 0 amide bonds. The van der Waals surface area contributed by atoms with Crippen molar-refractivity contribution in [1.29, 1.82) is 0 Å². The summed E-state index contributed by atoms with van der Waals surface area (Å²) in [5.41, 5.74) is 2.32. The van der Waals surface area contributed by atoms with Crippen molar-refractivity contribution >= 4 is 10.8 Å². The fourth-order valence-electron chi connectivity index (χ4n) is 1.15. The Kier molecular flexibility index (Phi) is 7.10. The van der Waals surface area contributed by atoms with Crippen LogP contribution in [0.4, 0.5) is 0 Å². The van der Waals surface area contributed by atoms with Gasteiger partial charge in [0.15, 0.2) is 0 Å². The van der Waals surface area contributed by atoms with Crippen molar-refractivity contribution in [2.24, 2.45) is 0 Å². The molecule has 0 aromatic heterocycles. The summed E-state index contributed by atoms with van der Waals surface area (Å²) in [6, 6.07) is 9.25. The zero-order chi connectivity index (χ0) is 9.84. The fourth-order valence-corrected chi connectivity index (χ4v) is 1.80. The minimum Gasteiger partial charge on any atom is -0.261 e. The maximum Gasteiger partial charge on any atom is 0.0112 e. The van der Waals surface area contributed by atoms with Crippen LogP contribution in [0.3, 0.4) is 0 Å². The van der Waals surface area contributed by atoms with Crippen molar-refractivity contribution in [3.05, 3.63) is 35.4 Å². The van der Waals surface area contributed by atoms with Crippen LogP contribution in [0.25, 0.3) is 0 Å². The average molecular weight is 284 g/mol. The largest absolute Gasteiger partial charge is 0.261 e. The van der Waals surface area contributed by atoms with E-state index in [2.05, 4.69) is 26.0 Å². The van der Waals surface area contributed by atoms with Gasteiger partial charge in [-0.1, -0.05) is 13.8 Å². The van der Waals surface area contributed by atoms with Crippen LogP contribution in [0.1, 0.15) is 30.9 Å². The van der Waals surface area contributed by atoms with E-state index >= 15 is 0 Å². The van der Waals surface area contributed by atoms with E-state index in [1.165, 1.54) is 5.56 Å². The van der Waals surface area contributed by atoms with Crippen molar-refractivity contribution in [1.82, 2.24) is 0 Å². The first kappa shape index (κ1) is 14.5. The monoisotopic (exact) mass is 284 g/mol. The molecule has 0 aliphatic heterocycles. The van der Waals surface area contributed by atoms with Crippen LogP contribution < -0.4 is 0 Å². The number of hydrogen-bond donors (Lipinski definition) is 0. The Morgan fingerprint density at radius 3 is 2.43 bits per heavy atom. The van der Waals surface area contributed by atoms with Gasteiger partial charge in [0.2, 0.25) is 0 Å². The zero-order valence-electron chi connectivity index (χ0n) is 8.91. The topological polar surface area (TPSA) is 17.1 Å². The minimum atomic E-state index is -0.754. The maximum atomic E-state index is 10.9. The molecule has 0 fully saturated rings. The smallest absolute Gasteiger partial charge is 0.0112 e. The van der Waals surface area contributed by atoms with Gasteiger partial charge in [-0.25, -0.2) is 0 Å². The number of benzene rings is 1. The molecule has 0 aliphatic carbocycles. The van der Waals surface area contributed by atoms with E-state index in [4.69, 9.17) is 0 Å². The molecule has 0 heterocycles. The molecular formula is C11H15OSY-. The second-order valence-corrected chi connectivity index (χ2v) is 4.96. The molecule has 1 aromatic carbocycles. The SMILES string of the molecule is CC(C)c1[c-]cc(CS(C)=O)cc1.[Y]. The summed E-state index contributed by atoms with van der Waals surface area (Å²) in [5, 5.41) is 0. The Bertz CT molecular complexity index is 293. The van der Waals surface area contributed by atoms with Crippen LogP contribution in [0.5, 0.6) is 0 Å².